The second-order valence-corrected chi connectivity index (χ2v) is 8.01. The molecular weight excluding hydrogens is 442 g/mol. The number of nitrogens with zero attached hydrogens (tertiary/aromatic N) is 2. The van der Waals surface area contributed by atoms with Crippen molar-refractivity contribution in [2.24, 2.45) is 0 Å². The molecule has 12 heteroatoms. The first-order valence-corrected chi connectivity index (χ1v) is 9.73. The number of ether oxygens (including phenoxy) is 1. The number of piperidine rings is 1. The van der Waals surface area contributed by atoms with Gasteiger partial charge in [0, 0.05) is 22.9 Å². The minimum absolute atomic E-state index is 0.138. The number of rotatable bonds is 2. The number of pyridine rings is 2. The van der Waals surface area contributed by atoms with Gasteiger partial charge in [0.15, 0.2) is 0 Å². The van der Waals surface area contributed by atoms with Crippen LogP contribution in [0.15, 0.2) is 24.4 Å². The van der Waals surface area contributed by atoms with Crippen molar-refractivity contribution in [1.29, 1.82) is 0 Å². The molecule has 0 spiro atoms. The van der Waals surface area contributed by atoms with Crippen molar-refractivity contribution in [2.45, 2.75) is 43.6 Å². The summed E-state index contributed by atoms with van der Waals surface area (Å²) in [6.07, 6.45) is -11.7. The van der Waals surface area contributed by atoms with Gasteiger partial charge in [-0.3, -0.25) is 10.3 Å². The fraction of sp³-hybridized carbons (Fsp3) is 0.450. The molecule has 2 N–H and O–H groups in total. The normalized spacial score (nSPS) is 20.8. The summed E-state index contributed by atoms with van der Waals surface area (Å²) < 4.78 is 86.5. The van der Waals surface area contributed by atoms with E-state index < -0.39 is 46.9 Å². The molecule has 0 radical (unpaired) electrons. The van der Waals surface area contributed by atoms with Crippen LogP contribution in [-0.4, -0.2) is 35.3 Å². The first-order valence-electron chi connectivity index (χ1n) is 9.73. The van der Waals surface area contributed by atoms with Crippen LogP contribution in [0.4, 0.5) is 37.0 Å². The highest BCUT2D eigenvalue weighted by molar-refractivity contribution is 5.89. The van der Waals surface area contributed by atoms with Crippen LogP contribution < -0.4 is 10.6 Å². The lowest BCUT2D eigenvalue weighted by Crippen LogP contribution is -2.38. The van der Waals surface area contributed by atoms with Crippen molar-refractivity contribution in [2.75, 3.05) is 18.4 Å². The van der Waals surface area contributed by atoms with Gasteiger partial charge in [0.1, 0.15) is 5.82 Å². The molecule has 4 rings (SSSR count). The summed E-state index contributed by atoms with van der Waals surface area (Å²) >= 11 is 0. The predicted molar refractivity (Wildman–Crippen MR) is 101 cm³/mol. The third-order valence-electron chi connectivity index (χ3n) is 5.75. The molecule has 1 fully saturated rings. The topological polar surface area (TPSA) is 76.1 Å². The van der Waals surface area contributed by atoms with Crippen molar-refractivity contribution in [3.05, 3.63) is 41.2 Å². The van der Waals surface area contributed by atoms with Crippen molar-refractivity contribution >= 4 is 11.9 Å². The maximum atomic E-state index is 13.7. The first kappa shape index (κ1) is 22.3. The van der Waals surface area contributed by atoms with Gasteiger partial charge in [0.2, 0.25) is 6.10 Å². The van der Waals surface area contributed by atoms with Crippen LogP contribution in [0.1, 0.15) is 42.7 Å². The average Bonchev–Trinajstić information content (AvgIpc) is 2.71. The number of carbonyl (C=O) groups excluding carboxylic acids is 1. The van der Waals surface area contributed by atoms with E-state index in [1.165, 1.54) is 0 Å². The van der Waals surface area contributed by atoms with Crippen molar-refractivity contribution < 1.29 is 35.9 Å². The van der Waals surface area contributed by atoms with Gasteiger partial charge in [-0.25, -0.2) is 9.78 Å². The second-order valence-electron chi connectivity index (χ2n) is 8.01. The van der Waals surface area contributed by atoms with E-state index in [1.54, 1.807) is 6.92 Å². The van der Waals surface area contributed by atoms with Crippen LogP contribution in [0.2, 0.25) is 0 Å². The van der Waals surface area contributed by atoms with Gasteiger partial charge in [-0.05, 0) is 44.1 Å². The Bertz CT molecular complexity index is 1050. The summed E-state index contributed by atoms with van der Waals surface area (Å²) in [6.45, 7) is 2.93. The highest BCUT2D eigenvalue weighted by Gasteiger charge is 2.49. The van der Waals surface area contributed by atoms with E-state index in [2.05, 4.69) is 25.3 Å². The van der Waals surface area contributed by atoms with Crippen molar-refractivity contribution in [3.63, 3.8) is 0 Å². The van der Waals surface area contributed by atoms with E-state index in [0.717, 1.165) is 18.3 Å². The van der Waals surface area contributed by atoms with Crippen molar-refractivity contribution in [3.8, 4) is 11.3 Å². The number of aromatic nitrogens is 2. The van der Waals surface area contributed by atoms with E-state index in [0.29, 0.717) is 32.0 Å². The van der Waals surface area contributed by atoms with Crippen molar-refractivity contribution in [1.82, 2.24) is 15.3 Å². The van der Waals surface area contributed by atoms with Gasteiger partial charge in [0.25, 0.3) is 0 Å². The van der Waals surface area contributed by atoms with E-state index in [9.17, 15) is 31.1 Å². The highest BCUT2D eigenvalue weighted by Crippen LogP contribution is 2.46. The van der Waals surface area contributed by atoms with E-state index in [-0.39, 0.29) is 17.0 Å². The number of nitrogens with one attached hydrogen (secondary N) is 2. The Kier molecular flexibility index (Phi) is 5.30. The van der Waals surface area contributed by atoms with Crippen LogP contribution >= 0.6 is 0 Å². The van der Waals surface area contributed by atoms with Crippen LogP contribution in [-0.2, 0) is 16.3 Å². The minimum atomic E-state index is -5.00. The standard InChI is InChI=1S/C20H18F6N4O2/c1-18(3-6-27-7-4-18)13-9-10(19(21,22)23)8-12(29-13)11-2-5-28-16-14(11)15(20(24,25)26)32-17(31)30-16/h2,5,8-9,15,27H,3-4,6-7H2,1H3,(H,28,30,31)/t15-/m1/s1. The number of cyclic esters (lactones) is 1. The molecule has 0 saturated carbocycles. The SMILES string of the molecule is CC1(c2cc(C(F)(F)F)cc(-c3ccnc4c3[C@H](C(F)(F)F)OC(=O)N4)n2)CCNCC1. The predicted octanol–water partition coefficient (Wildman–Crippen LogP) is 4.97. The van der Waals surface area contributed by atoms with E-state index >= 15 is 0 Å². The van der Waals surface area contributed by atoms with Gasteiger partial charge in [-0.15, -0.1) is 0 Å². The molecule has 2 aliphatic rings. The van der Waals surface area contributed by atoms with Gasteiger partial charge in [0.05, 0.1) is 16.8 Å². The minimum Gasteiger partial charge on any atom is -0.431 e. The molecule has 0 aliphatic carbocycles. The largest absolute Gasteiger partial charge is 0.431 e. The maximum absolute atomic E-state index is 13.7. The molecule has 0 bridgehead atoms. The zero-order valence-corrected chi connectivity index (χ0v) is 16.7. The lowest BCUT2D eigenvalue weighted by Gasteiger charge is -2.34. The molecule has 2 aromatic rings. The number of hydrogen-bond donors (Lipinski definition) is 2. The summed E-state index contributed by atoms with van der Waals surface area (Å²) in [7, 11) is 0. The second kappa shape index (κ2) is 7.61. The lowest BCUT2D eigenvalue weighted by atomic mass is 9.77. The van der Waals surface area contributed by atoms with Gasteiger partial charge in [-0.1, -0.05) is 6.92 Å². The van der Waals surface area contributed by atoms with Crippen LogP contribution in [0.3, 0.4) is 0 Å². The molecule has 172 valence electrons. The Morgan fingerprint density at radius 2 is 1.81 bits per heavy atom. The van der Waals surface area contributed by atoms with Crippen LogP contribution in [0.5, 0.6) is 0 Å². The lowest BCUT2D eigenvalue weighted by molar-refractivity contribution is -0.206. The number of hydrogen-bond acceptors (Lipinski definition) is 5. The Hall–Kier alpha value is -2.89. The molecular formula is C20H18F6N4O2. The molecule has 0 aromatic carbocycles. The van der Waals surface area contributed by atoms with E-state index in [1.807, 2.05) is 0 Å². The average molecular weight is 460 g/mol. The number of halogens is 6. The Morgan fingerprint density at radius 1 is 1.12 bits per heavy atom. The van der Waals surface area contributed by atoms with Crippen LogP contribution in [0, 0.1) is 0 Å². The number of fused-ring (bicyclic) bond motifs is 1. The molecule has 1 atom stereocenters. The summed E-state index contributed by atoms with van der Waals surface area (Å²) in [4.78, 5) is 19.7. The zero-order valence-electron chi connectivity index (χ0n) is 16.7. The Balaban J connectivity index is 1.94. The fourth-order valence-electron chi connectivity index (χ4n) is 3.96. The van der Waals surface area contributed by atoms with Gasteiger partial charge >= 0.3 is 18.4 Å². The molecule has 1 saturated heterocycles. The number of anilines is 1. The summed E-state index contributed by atoms with van der Waals surface area (Å²) in [5, 5.41) is 5.20. The van der Waals surface area contributed by atoms with E-state index in [4.69, 9.17) is 0 Å². The molecule has 0 unspecified atom stereocenters. The number of amides is 1. The molecule has 4 heterocycles. The summed E-state index contributed by atoms with van der Waals surface area (Å²) in [6, 6.07) is 2.78. The quantitative estimate of drug-likeness (QED) is 0.619. The molecule has 32 heavy (non-hydrogen) atoms. The monoisotopic (exact) mass is 460 g/mol. The number of carbonyl (C=O) groups is 1. The Labute approximate surface area is 178 Å². The first-order chi connectivity index (χ1) is 14.9. The van der Waals surface area contributed by atoms with Crippen LogP contribution in [0.25, 0.3) is 11.3 Å². The van der Waals surface area contributed by atoms with Gasteiger partial charge < -0.3 is 10.1 Å². The third kappa shape index (κ3) is 4.10. The third-order valence-corrected chi connectivity index (χ3v) is 5.75. The molecule has 1 amide bonds. The highest BCUT2D eigenvalue weighted by atomic mass is 19.4. The molecule has 2 aromatic heterocycles. The molecule has 6 nitrogen and oxygen atoms in total. The Morgan fingerprint density at radius 3 is 2.44 bits per heavy atom. The van der Waals surface area contributed by atoms with Gasteiger partial charge in [-0.2, -0.15) is 26.3 Å². The smallest absolute Gasteiger partial charge is 0.430 e. The number of alkyl halides is 6. The maximum Gasteiger partial charge on any atom is 0.430 e. The zero-order chi connectivity index (χ0) is 23.3. The molecule has 2 aliphatic heterocycles. The summed E-state index contributed by atoms with van der Waals surface area (Å²) in [5.74, 6) is -0.435. The fourth-order valence-corrected chi connectivity index (χ4v) is 3.96. The summed E-state index contributed by atoms with van der Waals surface area (Å²) in [5.41, 5.74) is -2.72.